The largest absolute Gasteiger partial charge is 0.281 e. The Morgan fingerprint density at radius 1 is 1.69 bits per heavy atom. The smallest absolute Gasteiger partial charge is 0.266 e. The Labute approximate surface area is 99.6 Å². The summed E-state index contributed by atoms with van der Waals surface area (Å²) in [5, 5.41) is 6.15. The third-order valence-electron chi connectivity index (χ3n) is 3.00. The van der Waals surface area contributed by atoms with Crippen molar-refractivity contribution in [2.24, 2.45) is 11.0 Å². The van der Waals surface area contributed by atoms with Gasteiger partial charge in [0.1, 0.15) is 0 Å². The van der Waals surface area contributed by atoms with E-state index in [4.69, 9.17) is 0 Å². The van der Waals surface area contributed by atoms with Gasteiger partial charge >= 0.3 is 0 Å². The zero-order valence-electron chi connectivity index (χ0n) is 9.40. The van der Waals surface area contributed by atoms with E-state index >= 15 is 0 Å². The zero-order chi connectivity index (χ0) is 11.4. The van der Waals surface area contributed by atoms with E-state index in [2.05, 4.69) is 17.5 Å². The number of amides is 1. The van der Waals surface area contributed by atoms with Crippen LogP contribution in [-0.4, -0.2) is 11.6 Å². The first kappa shape index (κ1) is 11.3. The normalized spacial score (nSPS) is 22.6. The van der Waals surface area contributed by atoms with E-state index in [9.17, 15) is 4.79 Å². The van der Waals surface area contributed by atoms with Crippen molar-refractivity contribution >= 4 is 23.0 Å². The lowest BCUT2D eigenvalue weighted by atomic mass is 10.0. The van der Waals surface area contributed by atoms with E-state index in [1.807, 2.05) is 17.5 Å². The number of hydrogen-bond donors (Lipinski definition) is 1. The highest BCUT2D eigenvalue weighted by atomic mass is 32.1. The molecule has 0 spiro atoms. The molecule has 1 amide bonds. The summed E-state index contributed by atoms with van der Waals surface area (Å²) in [5.41, 5.74) is 3.81. The molecular weight excluding hydrogens is 220 g/mol. The van der Waals surface area contributed by atoms with Crippen molar-refractivity contribution in [3.8, 4) is 0 Å². The first-order valence-corrected chi connectivity index (χ1v) is 6.59. The van der Waals surface area contributed by atoms with Crippen LogP contribution in [0.15, 0.2) is 22.6 Å². The Morgan fingerprint density at radius 3 is 3.25 bits per heavy atom. The third-order valence-corrected chi connectivity index (χ3v) is 3.86. The molecule has 0 aliphatic heterocycles. The van der Waals surface area contributed by atoms with Crippen molar-refractivity contribution in [3.63, 3.8) is 0 Å². The Balaban J connectivity index is 1.96. The van der Waals surface area contributed by atoms with E-state index in [0.29, 0.717) is 5.92 Å². The first-order chi connectivity index (χ1) is 7.81. The predicted octanol–water partition coefficient (Wildman–Crippen LogP) is 3.04. The summed E-state index contributed by atoms with van der Waals surface area (Å²) in [6, 6.07) is 3.68. The summed E-state index contributed by atoms with van der Waals surface area (Å²) in [5.74, 6) is 0.480. The lowest BCUT2D eigenvalue weighted by molar-refractivity contribution is 0.0958. The van der Waals surface area contributed by atoms with Crippen LogP contribution in [0.25, 0.3) is 0 Å². The predicted molar refractivity (Wildman–Crippen MR) is 66.9 cm³/mol. The monoisotopic (exact) mass is 236 g/mol. The molecule has 2 rings (SSSR count). The average molecular weight is 236 g/mol. The first-order valence-electron chi connectivity index (χ1n) is 5.71. The number of hydrazone groups is 1. The molecule has 3 nitrogen and oxygen atoms in total. The zero-order valence-corrected chi connectivity index (χ0v) is 10.2. The molecule has 0 saturated heterocycles. The maximum Gasteiger partial charge on any atom is 0.281 e. The highest BCUT2D eigenvalue weighted by Crippen LogP contribution is 2.24. The number of nitrogens with zero attached hydrogens (tertiary/aromatic N) is 1. The minimum Gasteiger partial charge on any atom is -0.266 e. The Hall–Kier alpha value is -1.16. The maximum atomic E-state index is 11.6. The molecule has 0 radical (unpaired) electrons. The number of nitrogens with one attached hydrogen (secondary N) is 1. The SMILES string of the molecule is CCC1CCCC1=NNC(=O)c1cccs1. The van der Waals surface area contributed by atoms with Gasteiger partial charge in [-0.3, -0.25) is 4.79 Å². The average Bonchev–Trinajstić information content (AvgIpc) is 2.96. The van der Waals surface area contributed by atoms with Gasteiger partial charge in [-0.15, -0.1) is 11.3 Å². The van der Waals surface area contributed by atoms with Gasteiger partial charge in [-0.25, -0.2) is 5.43 Å². The molecule has 1 unspecified atom stereocenters. The van der Waals surface area contributed by atoms with Gasteiger partial charge in [0, 0.05) is 5.71 Å². The summed E-state index contributed by atoms with van der Waals surface area (Å²) in [4.78, 5) is 12.4. The van der Waals surface area contributed by atoms with Gasteiger partial charge in [0.05, 0.1) is 4.88 Å². The van der Waals surface area contributed by atoms with Crippen LogP contribution in [0, 0.1) is 5.92 Å². The molecule has 16 heavy (non-hydrogen) atoms. The van der Waals surface area contributed by atoms with Crippen molar-refractivity contribution < 1.29 is 4.79 Å². The second-order valence-corrected chi connectivity index (χ2v) is 4.97. The molecular formula is C12H16N2OS. The lowest BCUT2D eigenvalue weighted by Gasteiger charge is -2.06. The third kappa shape index (κ3) is 2.50. The number of carbonyl (C=O) groups is 1. The summed E-state index contributed by atoms with van der Waals surface area (Å²) in [7, 11) is 0. The summed E-state index contributed by atoms with van der Waals surface area (Å²) in [6.45, 7) is 2.17. The van der Waals surface area contributed by atoms with Crippen LogP contribution < -0.4 is 5.43 Å². The molecule has 1 N–H and O–H groups in total. The highest BCUT2D eigenvalue weighted by Gasteiger charge is 2.21. The van der Waals surface area contributed by atoms with Gasteiger partial charge in [0.15, 0.2) is 0 Å². The second-order valence-electron chi connectivity index (χ2n) is 4.02. The molecule has 1 aliphatic carbocycles. The van der Waals surface area contributed by atoms with E-state index in [0.717, 1.165) is 23.4 Å². The molecule has 4 heteroatoms. The van der Waals surface area contributed by atoms with Crippen molar-refractivity contribution in [1.82, 2.24) is 5.43 Å². The van der Waals surface area contributed by atoms with E-state index in [1.54, 1.807) is 0 Å². The lowest BCUT2D eigenvalue weighted by Crippen LogP contribution is -2.20. The fourth-order valence-corrected chi connectivity index (χ4v) is 2.69. The number of hydrogen-bond acceptors (Lipinski definition) is 3. The van der Waals surface area contributed by atoms with Gasteiger partial charge < -0.3 is 0 Å². The Morgan fingerprint density at radius 2 is 2.56 bits per heavy atom. The maximum absolute atomic E-state index is 11.6. The minimum absolute atomic E-state index is 0.0933. The second kappa shape index (κ2) is 5.25. The van der Waals surface area contributed by atoms with Crippen molar-refractivity contribution in [3.05, 3.63) is 22.4 Å². The van der Waals surface area contributed by atoms with Crippen molar-refractivity contribution in [2.45, 2.75) is 32.6 Å². The van der Waals surface area contributed by atoms with Crippen molar-refractivity contribution in [2.75, 3.05) is 0 Å². The van der Waals surface area contributed by atoms with E-state index in [-0.39, 0.29) is 5.91 Å². The summed E-state index contributed by atoms with van der Waals surface area (Å²) < 4.78 is 0. The standard InChI is InChI=1S/C12H16N2OS/c1-2-9-5-3-6-10(9)13-14-12(15)11-7-4-8-16-11/h4,7-9H,2-3,5-6H2,1H3,(H,14,15). The van der Waals surface area contributed by atoms with Crippen LogP contribution in [0.2, 0.25) is 0 Å². The minimum atomic E-state index is -0.0933. The van der Waals surface area contributed by atoms with Crippen molar-refractivity contribution in [1.29, 1.82) is 0 Å². The Kier molecular flexibility index (Phi) is 3.72. The number of rotatable bonds is 3. The highest BCUT2D eigenvalue weighted by molar-refractivity contribution is 7.12. The molecule has 0 bridgehead atoms. The molecule has 0 aromatic carbocycles. The molecule has 86 valence electrons. The summed E-state index contributed by atoms with van der Waals surface area (Å²) >= 11 is 1.44. The van der Waals surface area contributed by atoms with E-state index < -0.39 is 0 Å². The van der Waals surface area contributed by atoms with Gasteiger partial charge in [-0.1, -0.05) is 13.0 Å². The number of thiophene rings is 1. The van der Waals surface area contributed by atoms with Gasteiger partial charge in [-0.05, 0) is 43.0 Å². The molecule has 1 aromatic heterocycles. The number of carbonyl (C=O) groups excluding carboxylic acids is 1. The molecule has 1 aliphatic rings. The van der Waals surface area contributed by atoms with Gasteiger partial charge in [0.2, 0.25) is 0 Å². The fraction of sp³-hybridized carbons (Fsp3) is 0.500. The van der Waals surface area contributed by atoms with Crippen LogP contribution in [-0.2, 0) is 0 Å². The molecule has 1 atom stereocenters. The van der Waals surface area contributed by atoms with Crippen LogP contribution in [0.4, 0.5) is 0 Å². The molecule has 1 saturated carbocycles. The fourth-order valence-electron chi connectivity index (χ4n) is 2.07. The molecule has 1 heterocycles. The van der Waals surface area contributed by atoms with Crippen LogP contribution in [0.5, 0.6) is 0 Å². The van der Waals surface area contributed by atoms with Crippen LogP contribution in [0.3, 0.4) is 0 Å². The molecule has 1 aromatic rings. The van der Waals surface area contributed by atoms with Gasteiger partial charge in [-0.2, -0.15) is 5.10 Å². The van der Waals surface area contributed by atoms with Gasteiger partial charge in [0.25, 0.3) is 5.91 Å². The molecule has 1 fully saturated rings. The van der Waals surface area contributed by atoms with E-state index in [1.165, 1.54) is 24.2 Å². The Bertz CT molecular complexity index is 384. The van der Waals surface area contributed by atoms with Crippen LogP contribution in [0.1, 0.15) is 42.3 Å². The topological polar surface area (TPSA) is 41.5 Å². The quantitative estimate of drug-likeness (QED) is 0.805. The van der Waals surface area contributed by atoms with Crippen LogP contribution >= 0.6 is 11.3 Å². The summed E-state index contributed by atoms with van der Waals surface area (Å²) in [6.07, 6.45) is 4.56.